The smallest absolute Gasteiger partial charge is 0.276 e. The van der Waals surface area contributed by atoms with Crippen LogP contribution in [-0.4, -0.2) is 38.0 Å². The maximum absolute atomic E-state index is 13.1. The highest BCUT2D eigenvalue weighted by Crippen LogP contribution is 2.24. The Kier molecular flexibility index (Phi) is 7.25. The first-order valence-corrected chi connectivity index (χ1v) is 12.6. The maximum atomic E-state index is 13.1. The van der Waals surface area contributed by atoms with Gasteiger partial charge in [-0.25, -0.2) is 4.83 Å². The number of hydrogen-bond donors (Lipinski definition) is 2. The molecule has 2 N–H and O–H groups in total. The number of benzene rings is 3. The normalized spacial score (nSPS) is 11.6. The Labute approximate surface area is 208 Å². The lowest BCUT2D eigenvalue weighted by Crippen LogP contribution is -2.23. The van der Waals surface area contributed by atoms with Crippen molar-refractivity contribution in [3.05, 3.63) is 94.3 Å². The van der Waals surface area contributed by atoms with E-state index in [1.54, 1.807) is 67.8 Å². The number of pyridine rings is 1. The summed E-state index contributed by atoms with van der Waals surface area (Å²) in [6.45, 7) is 2.39. The van der Waals surface area contributed by atoms with Crippen LogP contribution in [0, 0.1) is 0 Å². The Morgan fingerprint density at radius 2 is 1.61 bits per heavy atom. The highest BCUT2D eigenvalue weighted by Gasteiger charge is 2.17. The summed E-state index contributed by atoms with van der Waals surface area (Å²) in [5.41, 5.74) is 0.585. The van der Waals surface area contributed by atoms with Crippen molar-refractivity contribution in [3.8, 4) is 17.4 Å². The molecule has 0 unspecified atom stereocenters. The first-order chi connectivity index (χ1) is 17.3. The van der Waals surface area contributed by atoms with Gasteiger partial charge in [0.25, 0.3) is 15.6 Å². The Morgan fingerprint density at radius 3 is 2.25 bits per heavy atom. The number of nitrogens with one attached hydrogen (secondary N) is 1. The molecule has 0 spiro atoms. The second-order valence-electron chi connectivity index (χ2n) is 7.78. The number of hydrogen-bond acceptors (Lipinski definition) is 7. The van der Waals surface area contributed by atoms with Gasteiger partial charge in [-0.2, -0.15) is 13.5 Å². The fourth-order valence-electron chi connectivity index (χ4n) is 3.69. The summed E-state index contributed by atoms with van der Waals surface area (Å²) in [4.78, 5) is 15.3. The number of fused-ring (bicyclic) bond motifs is 1. The van der Waals surface area contributed by atoms with Gasteiger partial charge in [0, 0.05) is 10.8 Å². The van der Waals surface area contributed by atoms with Crippen molar-refractivity contribution in [2.75, 3.05) is 13.7 Å². The largest absolute Gasteiger partial charge is 0.497 e. The van der Waals surface area contributed by atoms with Gasteiger partial charge in [-0.05, 0) is 55.0 Å². The molecule has 0 aliphatic heterocycles. The van der Waals surface area contributed by atoms with Crippen molar-refractivity contribution < 1.29 is 23.0 Å². The van der Waals surface area contributed by atoms with Crippen molar-refractivity contribution in [2.45, 2.75) is 18.4 Å². The van der Waals surface area contributed by atoms with Gasteiger partial charge in [-0.1, -0.05) is 30.3 Å². The van der Waals surface area contributed by atoms with Crippen molar-refractivity contribution in [1.29, 1.82) is 0 Å². The molecule has 0 radical (unpaired) electrons. The molecule has 0 saturated heterocycles. The van der Waals surface area contributed by atoms with Crippen molar-refractivity contribution in [3.63, 3.8) is 0 Å². The van der Waals surface area contributed by atoms with E-state index in [2.05, 4.69) is 9.93 Å². The standard InChI is InChI=1S/C26H25N3O6S/c1-3-35-20-12-14-21(15-13-20)36(32,33)28-27-16-24-22-6-4-5-7-23(22)25(30)29(26(24)31)17-18-8-10-19(34-2)11-9-18/h4-16,28,31H,3,17H2,1-2H3/b27-16+. The topological polar surface area (TPSA) is 119 Å². The first-order valence-electron chi connectivity index (χ1n) is 11.1. The number of sulfonamides is 1. The van der Waals surface area contributed by atoms with E-state index in [1.165, 1.54) is 22.9 Å². The average molecular weight is 508 g/mol. The van der Waals surface area contributed by atoms with E-state index in [9.17, 15) is 18.3 Å². The van der Waals surface area contributed by atoms with Crippen LogP contribution in [0.15, 0.2) is 87.6 Å². The van der Waals surface area contributed by atoms with E-state index in [0.717, 1.165) is 5.56 Å². The molecule has 10 heteroatoms. The lowest BCUT2D eigenvalue weighted by Gasteiger charge is -2.14. The third kappa shape index (κ3) is 5.18. The molecular weight excluding hydrogens is 482 g/mol. The minimum Gasteiger partial charge on any atom is -0.497 e. The van der Waals surface area contributed by atoms with Gasteiger partial charge >= 0.3 is 0 Å². The molecule has 1 aromatic heterocycles. The summed E-state index contributed by atoms with van der Waals surface area (Å²) in [5.74, 6) is 0.885. The summed E-state index contributed by atoms with van der Waals surface area (Å²) in [6, 6.07) is 19.8. The van der Waals surface area contributed by atoms with Crippen LogP contribution in [0.2, 0.25) is 0 Å². The van der Waals surface area contributed by atoms with Crippen LogP contribution in [0.25, 0.3) is 10.8 Å². The second kappa shape index (κ2) is 10.5. The molecule has 36 heavy (non-hydrogen) atoms. The van der Waals surface area contributed by atoms with Gasteiger partial charge in [0.15, 0.2) is 0 Å². The number of methoxy groups -OCH3 is 1. The zero-order valence-electron chi connectivity index (χ0n) is 19.7. The van der Waals surface area contributed by atoms with Crippen molar-refractivity contribution >= 4 is 27.0 Å². The Bertz CT molecular complexity index is 1560. The summed E-state index contributed by atoms with van der Waals surface area (Å²) < 4.78 is 37.0. The second-order valence-corrected chi connectivity index (χ2v) is 9.44. The van der Waals surface area contributed by atoms with E-state index in [-0.39, 0.29) is 28.4 Å². The molecule has 0 fully saturated rings. The highest BCUT2D eigenvalue weighted by molar-refractivity contribution is 7.89. The van der Waals surface area contributed by atoms with E-state index >= 15 is 0 Å². The average Bonchev–Trinajstić information content (AvgIpc) is 2.89. The predicted molar refractivity (Wildman–Crippen MR) is 137 cm³/mol. The molecule has 3 aromatic carbocycles. The third-order valence-corrected chi connectivity index (χ3v) is 6.74. The fourth-order valence-corrected chi connectivity index (χ4v) is 4.49. The number of hydrazone groups is 1. The van der Waals surface area contributed by atoms with E-state index in [4.69, 9.17) is 9.47 Å². The summed E-state index contributed by atoms with van der Waals surface area (Å²) >= 11 is 0. The summed E-state index contributed by atoms with van der Waals surface area (Å²) in [6.07, 6.45) is 1.19. The van der Waals surface area contributed by atoms with Gasteiger partial charge in [-0.3, -0.25) is 9.36 Å². The molecular formula is C26H25N3O6S. The van der Waals surface area contributed by atoms with Gasteiger partial charge in [-0.15, -0.1) is 0 Å². The minimum atomic E-state index is -3.97. The van der Waals surface area contributed by atoms with Gasteiger partial charge < -0.3 is 14.6 Å². The van der Waals surface area contributed by atoms with E-state index < -0.39 is 10.0 Å². The third-order valence-electron chi connectivity index (χ3n) is 5.50. The molecule has 4 rings (SSSR count). The Morgan fingerprint density at radius 1 is 0.972 bits per heavy atom. The quantitative estimate of drug-likeness (QED) is 0.264. The number of rotatable bonds is 9. The molecule has 9 nitrogen and oxygen atoms in total. The monoisotopic (exact) mass is 507 g/mol. The summed E-state index contributed by atoms with van der Waals surface area (Å²) in [5, 5.41) is 15.7. The molecule has 0 atom stereocenters. The number of ether oxygens (including phenoxy) is 2. The maximum Gasteiger partial charge on any atom is 0.276 e. The van der Waals surface area contributed by atoms with Gasteiger partial charge in [0.05, 0.1) is 36.9 Å². The molecule has 1 heterocycles. The zero-order valence-corrected chi connectivity index (χ0v) is 20.5. The molecule has 0 aliphatic carbocycles. The van der Waals surface area contributed by atoms with Crippen LogP contribution in [0.1, 0.15) is 18.1 Å². The number of aromatic nitrogens is 1. The summed E-state index contributed by atoms with van der Waals surface area (Å²) in [7, 11) is -2.41. The van der Waals surface area contributed by atoms with Crippen LogP contribution in [0.4, 0.5) is 0 Å². The fraction of sp³-hybridized carbons (Fsp3) is 0.154. The molecule has 0 saturated carbocycles. The molecule has 0 aliphatic rings. The van der Waals surface area contributed by atoms with Gasteiger partial charge in [0.1, 0.15) is 11.5 Å². The number of nitrogens with zero attached hydrogens (tertiary/aromatic N) is 2. The van der Waals surface area contributed by atoms with Crippen LogP contribution in [0.3, 0.4) is 0 Å². The van der Waals surface area contributed by atoms with Crippen LogP contribution in [-0.2, 0) is 16.6 Å². The Balaban J connectivity index is 1.68. The first kappa shape index (κ1) is 24.8. The molecule has 186 valence electrons. The molecule has 0 bridgehead atoms. The highest BCUT2D eigenvalue weighted by atomic mass is 32.2. The van der Waals surface area contributed by atoms with Crippen LogP contribution in [0.5, 0.6) is 17.4 Å². The van der Waals surface area contributed by atoms with Crippen LogP contribution >= 0.6 is 0 Å². The minimum absolute atomic E-state index is 0.00154. The van der Waals surface area contributed by atoms with E-state index in [0.29, 0.717) is 28.9 Å². The van der Waals surface area contributed by atoms with Crippen molar-refractivity contribution in [2.24, 2.45) is 5.10 Å². The Hall–Kier alpha value is -4.31. The van der Waals surface area contributed by atoms with Crippen molar-refractivity contribution in [1.82, 2.24) is 9.40 Å². The predicted octanol–water partition coefficient (Wildman–Crippen LogP) is 3.48. The lowest BCUT2D eigenvalue weighted by atomic mass is 10.1. The van der Waals surface area contributed by atoms with E-state index in [1.807, 2.05) is 6.92 Å². The molecule has 4 aromatic rings. The van der Waals surface area contributed by atoms with Gasteiger partial charge in [0.2, 0.25) is 5.88 Å². The van der Waals surface area contributed by atoms with Crippen LogP contribution < -0.4 is 19.9 Å². The SMILES string of the molecule is CCOc1ccc(S(=O)(=O)N/N=C/c2c(O)n(Cc3ccc(OC)cc3)c(=O)c3ccccc23)cc1. The molecule has 0 amide bonds. The number of aromatic hydroxyl groups is 1. The lowest BCUT2D eigenvalue weighted by molar-refractivity contribution is 0.340. The zero-order chi connectivity index (χ0) is 25.7.